The topological polar surface area (TPSA) is 84.0 Å². The van der Waals surface area contributed by atoms with Gasteiger partial charge >= 0.3 is 6.09 Å². The molecule has 4 rings (SSSR count). The number of cyclic esters (lactones) is 1. The first-order chi connectivity index (χ1) is 14.0. The molecule has 1 aromatic carbocycles. The number of hydrogen-bond donors (Lipinski definition) is 1. The highest BCUT2D eigenvalue weighted by atomic mass is 32.1. The van der Waals surface area contributed by atoms with Gasteiger partial charge < -0.3 is 9.47 Å². The second-order valence-electron chi connectivity index (χ2n) is 7.36. The van der Waals surface area contributed by atoms with Crippen LogP contribution < -0.4 is 10.2 Å². The minimum absolute atomic E-state index is 0.210. The third-order valence-corrected chi connectivity index (χ3v) is 5.66. The van der Waals surface area contributed by atoms with Gasteiger partial charge in [-0.25, -0.2) is 9.78 Å². The molecule has 3 heterocycles. The summed E-state index contributed by atoms with van der Waals surface area (Å²) in [5.74, 6) is -0.227. The molecular formula is C20H24N4O4S. The number of ether oxygens (including phenoxy) is 2. The van der Waals surface area contributed by atoms with Crippen LogP contribution in [-0.2, 0) is 16.0 Å². The number of amides is 2. The van der Waals surface area contributed by atoms with Gasteiger partial charge in [-0.2, -0.15) is 0 Å². The van der Waals surface area contributed by atoms with Gasteiger partial charge in [0.15, 0.2) is 5.13 Å². The van der Waals surface area contributed by atoms with E-state index in [1.165, 1.54) is 11.3 Å². The fourth-order valence-corrected chi connectivity index (χ4v) is 4.37. The third kappa shape index (κ3) is 4.75. The zero-order chi connectivity index (χ0) is 20.4. The first-order valence-electron chi connectivity index (χ1n) is 9.66. The minimum atomic E-state index is -0.360. The maximum atomic E-state index is 12.5. The molecule has 2 unspecified atom stereocenters. The van der Waals surface area contributed by atoms with Gasteiger partial charge in [0, 0.05) is 36.3 Å². The lowest BCUT2D eigenvalue weighted by Gasteiger charge is -2.34. The van der Waals surface area contributed by atoms with Crippen LogP contribution in [0.25, 0.3) is 0 Å². The Labute approximate surface area is 173 Å². The number of anilines is 2. The third-order valence-electron chi connectivity index (χ3n) is 4.86. The van der Waals surface area contributed by atoms with E-state index >= 15 is 0 Å². The van der Waals surface area contributed by atoms with E-state index in [4.69, 9.17) is 9.47 Å². The van der Waals surface area contributed by atoms with Gasteiger partial charge in [0.2, 0.25) is 0 Å². The summed E-state index contributed by atoms with van der Waals surface area (Å²) in [6, 6.07) is 6.88. The zero-order valence-electron chi connectivity index (χ0n) is 16.5. The summed E-state index contributed by atoms with van der Waals surface area (Å²) in [7, 11) is 0. The SMILES string of the molecule is CC1CN(Cc2csc(NC(=O)c3ccc(N4CCOC4=O)cc3)n2)CC(C)O1. The van der Waals surface area contributed by atoms with Gasteiger partial charge in [-0.15, -0.1) is 11.3 Å². The number of rotatable bonds is 5. The largest absolute Gasteiger partial charge is 0.447 e. The van der Waals surface area contributed by atoms with E-state index in [9.17, 15) is 9.59 Å². The Morgan fingerprint density at radius 3 is 2.62 bits per heavy atom. The van der Waals surface area contributed by atoms with E-state index < -0.39 is 0 Å². The standard InChI is InChI=1S/C20H24N4O4S/c1-13-9-23(10-14(2)28-13)11-16-12-29-19(21-16)22-18(25)15-3-5-17(6-4-15)24-7-8-27-20(24)26/h3-6,12-14H,7-11H2,1-2H3,(H,21,22,25). The molecule has 29 heavy (non-hydrogen) atoms. The van der Waals surface area contributed by atoms with Gasteiger partial charge in [0.1, 0.15) is 6.61 Å². The summed E-state index contributed by atoms with van der Waals surface area (Å²) in [6.07, 6.45) is 0.0606. The molecule has 2 fully saturated rings. The van der Waals surface area contributed by atoms with Crippen LogP contribution in [0, 0.1) is 0 Å². The van der Waals surface area contributed by atoms with Crippen molar-refractivity contribution in [3.63, 3.8) is 0 Å². The molecule has 0 aliphatic carbocycles. The quantitative estimate of drug-likeness (QED) is 0.807. The van der Waals surface area contributed by atoms with E-state index in [-0.39, 0.29) is 24.2 Å². The number of thiazole rings is 1. The summed E-state index contributed by atoms with van der Waals surface area (Å²) in [4.78, 5) is 32.6. The second kappa shape index (κ2) is 8.48. The predicted octanol–water partition coefficient (Wildman–Crippen LogP) is 2.96. The van der Waals surface area contributed by atoms with Gasteiger partial charge in [-0.1, -0.05) is 0 Å². The molecule has 1 N–H and O–H groups in total. The molecule has 2 aliphatic heterocycles. The maximum absolute atomic E-state index is 12.5. The molecule has 1 aromatic heterocycles. The number of morpholine rings is 1. The lowest BCUT2D eigenvalue weighted by atomic mass is 10.2. The summed E-state index contributed by atoms with van der Waals surface area (Å²) < 4.78 is 10.7. The van der Waals surface area contributed by atoms with Crippen molar-refractivity contribution in [3.05, 3.63) is 40.9 Å². The highest BCUT2D eigenvalue weighted by molar-refractivity contribution is 7.14. The Kier molecular flexibility index (Phi) is 5.79. The molecular weight excluding hydrogens is 392 g/mol. The van der Waals surface area contributed by atoms with Crippen molar-refractivity contribution in [3.8, 4) is 0 Å². The monoisotopic (exact) mass is 416 g/mol. The number of carbonyl (C=O) groups excluding carboxylic acids is 2. The molecule has 2 amide bonds. The molecule has 154 valence electrons. The number of nitrogens with zero attached hydrogens (tertiary/aromatic N) is 3. The number of aromatic nitrogens is 1. The molecule has 0 radical (unpaired) electrons. The summed E-state index contributed by atoms with van der Waals surface area (Å²) in [6.45, 7) is 7.55. The Morgan fingerprint density at radius 2 is 1.97 bits per heavy atom. The van der Waals surface area contributed by atoms with E-state index in [2.05, 4.69) is 29.0 Å². The average molecular weight is 417 g/mol. The van der Waals surface area contributed by atoms with Crippen LogP contribution in [0.2, 0.25) is 0 Å². The maximum Gasteiger partial charge on any atom is 0.414 e. The fourth-order valence-electron chi connectivity index (χ4n) is 3.67. The summed E-state index contributed by atoms with van der Waals surface area (Å²) >= 11 is 1.42. The lowest BCUT2D eigenvalue weighted by molar-refractivity contribution is -0.0707. The highest BCUT2D eigenvalue weighted by Crippen LogP contribution is 2.22. The fraction of sp³-hybridized carbons (Fsp3) is 0.450. The second-order valence-corrected chi connectivity index (χ2v) is 8.22. The zero-order valence-corrected chi connectivity index (χ0v) is 17.3. The van der Waals surface area contributed by atoms with Gasteiger partial charge in [-0.3, -0.25) is 19.9 Å². The van der Waals surface area contributed by atoms with Crippen LogP contribution in [-0.4, -0.2) is 60.3 Å². The summed E-state index contributed by atoms with van der Waals surface area (Å²) in [5.41, 5.74) is 2.16. The molecule has 0 spiro atoms. The van der Waals surface area contributed by atoms with Crippen LogP contribution in [0.3, 0.4) is 0 Å². The Hall–Kier alpha value is -2.49. The molecule has 9 heteroatoms. The van der Waals surface area contributed by atoms with Crippen molar-refractivity contribution in [1.82, 2.24) is 9.88 Å². The van der Waals surface area contributed by atoms with Crippen molar-refractivity contribution in [1.29, 1.82) is 0 Å². The number of carbonyl (C=O) groups is 2. The average Bonchev–Trinajstić information content (AvgIpc) is 3.30. The first-order valence-corrected chi connectivity index (χ1v) is 10.5. The molecule has 2 aliphatic rings. The minimum Gasteiger partial charge on any atom is -0.447 e. The lowest BCUT2D eigenvalue weighted by Crippen LogP contribution is -2.44. The normalized spacial score (nSPS) is 22.6. The van der Waals surface area contributed by atoms with Crippen LogP contribution in [0.5, 0.6) is 0 Å². The van der Waals surface area contributed by atoms with Crippen LogP contribution in [0.15, 0.2) is 29.6 Å². The highest BCUT2D eigenvalue weighted by Gasteiger charge is 2.24. The molecule has 0 bridgehead atoms. The Balaban J connectivity index is 1.34. The molecule has 2 aromatic rings. The van der Waals surface area contributed by atoms with Crippen molar-refractivity contribution in [2.75, 3.05) is 36.5 Å². The Bertz CT molecular complexity index is 875. The van der Waals surface area contributed by atoms with Crippen LogP contribution >= 0.6 is 11.3 Å². The van der Waals surface area contributed by atoms with Crippen molar-refractivity contribution in [2.24, 2.45) is 0 Å². The number of hydrogen-bond acceptors (Lipinski definition) is 7. The molecule has 2 atom stereocenters. The van der Waals surface area contributed by atoms with E-state index in [1.807, 2.05) is 5.38 Å². The predicted molar refractivity (Wildman–Crippen MR) is 110 cm³/mol. The van der Waals surface area contributed by atoms with Crippen molar-refractivity contribution < 1.29 is 19.1 Å². The van der Waals surface area contributed by atoms with Gasteiger partial charge in [0.25, 0.3) is 5.91 Å². The van der Waals surface area contributed by atoms with E-state index in [0.29, 0.717) is 23.8 Å². The Morgan fingerprint density at radius 1 is 1.24 bits per heavy atom. The van der Waals surface area contributed by atoms with E-state index in [0.717, 1.165) is 31.0 Å². The van der Waals surface area contributed by atoms with Gasteiger partial charge in [0.05, 0.1) is 24.4 Å². The number of nitrogens with one attached hydrogen (secondary N) is 1. The van der Waals surface area contributed by atoms with Crippen molar-refractivity contribution >= 4 is 34.2 Å². The van der Waals surface area contributed by atoms with Crippen LogP contribution in [0.4, 0.5) is 15.6 Å². The molecule has 0 saturated carbocycles. The first kappa shape index (κ1) is 19.8. The molecule has 8 nitrogen and oxygen atoms in total. The van der Waals surface area contributed by atoms with Crippen molar-refractivity contribution in [2.45, 2.75) is 32.6 Å². The number of benzene rings is 1. The van der Waals surface area contributed by atoms with E-state index in [1.54, 1.807) is 29.2 Å². The van der Waals surface area contributed by atoms with Crippen LogP contribution in [0.1, 0.15) is 29.9 Å². The van der Waals surface area contributed by atoms with Gasteiger partial charge in [-0.05, 0) is 38.1 Å². The summed E-state index contributed by atoms with van der Waals surface area (Å²) in [5, 5.41) is 5.40. The smallest absolute Gasteiger partial charge is 0.414 e. The molecule has 2 saturated heterocycles.